The van der Waals surface area contributed by atoms with Crippen LogP contribution in [-0.4, -0.2) is 60.0 Å². The maximum atomic E-state index is 11.3. The average molecular weight is 337 g/mol. The Morgan fingerprint density at radius 1 is 1.23 bits per heavy atom. The van der Waals surface area contributed by atoms with E-state index in [-0.39, 0.29) is 17.3 Å². The fraction of sp³-hybridized carbons (Fsp3) is 0.929. The molecule has 8 heteroatoms. The number of ether oxygens (including phenoxy) is 1. The van der Waals surface area contributed by atoms with Gasteiger partial charge < -0.3 is 15.4 Å². The number of methoxy groups -OCH3 is 1. The lowest BCUT2D eigenvalue weighted by Gasteiger charge is -2.30. The number of hydrogen-bond donors (Lipinski definition) is 3. The molecule has 0 fully saturated rings. The smallest absolute Gasteiger partial charge is 0.211 e. The summed E-state index contributed by atoms with van der Waals surface area (Å²) >= 11 is 0. The molecule has 0 aliphatic carbocycles. The van der Waals surface area contributed by atoms with Gasteiger partial charge in [0.15, 0.2) is 5.96 Å². The molecule has 1 atom stereocenters. The Hall–Kier alpha value is -0.860. The van der Waals surface area contributed by atoms with Crippen LogP contribution in [0.15, 0.2) is 4.99 Å². The van der Waals surface area contributed by atoms with Gasteiger partial charge in [0.05, 0.1) is 11.9 Å². The van der Waals surface area contributed by atoms with Gasteiger partial charge in [-0.2, -0.15) is 0 Å². The van der Waals surface area contributed by atoms with Crippen molar-refractivity contribution >= 4 is 16.0 Å². The van der Waals surface area contributed by atoms with Crippen LogP contribution in [0.4, 0.5) is 0 Å². The molecule has 0 heterocycles. The summed E-state index contributed by atoms with van der Waals surface area (Å²) in [5, 5.41) is 6.37. The molecule has 132 valence electrons. The van der Waals surface area contributed by atoms with Crippen LogP contribution in [0.1, 0.15) is 34.1 Å². The van der Waals surface area contributed by atoms with E-state index in [0.29, 0.717) is 32.0 Å². The predicted molar refractivity (Wildman–Crippen MR) is 91.7 cm³/mol. The first kappa shape index (κ1) is 21.1. The largest absolute Gasteiger partial charge is 0.379 e. The second-order valence-corrected chi connectivity index (χ2v) is 8.22. The Balaban J connectivity index is 4.04. The molecule has 0 aliphatic heterocycles. The maximum Gasteiger partial charge on any atom is 0.211 e. The minimum atomic E-state index is -3.11. The molecule has 7 nitrogen and oxygen atoms in total. The van der Waals surface area contributed by atoms with Crippen LogP contribution < -0.4 is 15.4 Å². The standard InChI is InChI=1S/C14H32N4O3S/c1-7-22(19,20)18-10-8-9-16-13(15-5)17-11-12(21-6)14(2,3)4/h12,18H,7-11H2,1-6H3,(H2,15,16,17). The normalized spacial score (nSPS) is 14.7. The van der Waals surface area contributed by atoms with Gasteiger partial charge in [0.25, 0.3) is 0 Å². The topological polar surface area (TPSA) is 91.8 Å². The number of guanidine groups is 1. The number of aliphatic imine (C=N–C) groups is 1. The molecular weight excluding hydrogens is 304 g/mol. The van der Waals surface area contributed by atoms with Gasteiger partial charge in [0.2, 0.25) is 10.0 Å². The zero-order valence-corrected chi connectivity index (χ0v) is 15.5. The molecule has 22 heavy (non-hydrogen) atoms. The Kier molecular flexibility index (Phi) is 9.63. The Morgan fingerprint density at radius 3 is 2.32 bits per heavy atom. The van der Waals surface area contributed by atoms with Gasteiger partial charge in [0.1, 0.15) is 0 Å². The molecular formula is C14H32N4O3S. The second kappa shape index (κ2) is 10.0. The molecule has 0 radical (unpaired) electrons. The number of nitrogens with one attached hydrogen (secondary N) is 3. The molecule has 0 amide bonds. The van der Waals surface area contributed by atoms with E-state index in [0.717, 1.165) is 0 Å². The van der Waals surface area contributed by atoms with Crippen LogP contribution in [0.5, 0.6) is 0 Å². The van der Waals surface area contributed by atoms with Crippen LogP contribution in [0.3, 0.4) is 0 Å². The number of sulfonamides is 1. The summed E-state index contributed by atoms with van der Waals surface area (Å²) in [7, 11) is 0.297. The molecule has 3 N–H and O–H groups in total. The minimum Gasteiger partial charge on any atom is -0.379 e. The maximum absolute atomic E-state index is 11.3. The lowest BCUT2D eigenvalue weighted by molar-refractivity contribution is 0.0205. The van der Waals surface area contributed by atoms with E-state index in [1.165, 1.54) is 0 Å². The fourth-order valence-electron chi connectivity index (χ4n) is 1.78. The number of nitrogens with zero attached hydrogens (tertiary/aromatic N) is 1. The van der Waals surface area contributed by atoms with Crippen molar-refractivity contribution < 1.29 is 13.2 Å². The Bertz CT molecular complexity index is 430. The summed E-state index contributed by atoms with van der Waals surface area (Å²) in [5.74, 6) is 0.791. The van der Waals surface area contributed by atoms with Gasteiger partial charge in [-0.3, -0.25) is 4.99 Å². The SMILES string of the molecule is CCS(=O)(=O)NCCCNC(=NC)NCC(OC)C(C)(C)C. The monoisotopic (exact) mass is 336 g/mol. The van der Waals surface area contributed by atoms with Crippen molar-refractivity contribution in [2.75, 3.05) is 39.5 Å². The second-order valence-electron chi connectivity index (χ2n) is 6.12. The van der Waals surface area contributed by atoms with Crippen molar-refractivity contribution in [2.24, 2.45) is 10.4 Å². The molecule has 0 aliphatic rings. The summed E-state index contributed by atoms with van der Waals surface area (Å²) < 4.78 is 30.6. The lowest BCUT2D eigenvalue weighted by atomic mass is 9.89. The molecule has 0 saturated carbocycles. The molecule has 0 rings (SSSR count). The Morgan fingerprint density at radius 2 is 1.86 bits per heavy atom. The third-order valence-corrected chi connectivity index (χ3v) is 4.68. The van der Waals surface area contributed by atoms with Crippen molar-refractivity contribution in [1.82, 2.24) is 15.4 Å². The van der Waals surface area contributed by atoms with Crippen LogP contribution in [0, 0.1) is 5.41 Å². The van der Waals surface area contributed by atoms with E-state index in [1.807, 2.05) is 0 Å². The molecule has 0 aromatic heterocycles. The summed E-state index contributed by atoms with van der Waals surface area (Å²) in [6, 6.07) is 0. The van der Waals surface area contributed by atoms with Gasteiger partial charge in [-0.1, -0.05) is 20.8 Å². The Labute approximate surface area is 135 Å². The summed E-state index contributed by atoms with van der Waals surface area (Å²) in [6.07, 6.45) is 0.759. The molecule has 0 spiro atoms. The summed E-state index contributed by atoms with van der Waals surface area (Å²) in [4.78, 5) is 4.14. The van der Waals surface area contributed by atoms with Crippen LogP contribution >= 0.6 is 0 Å². The van der Waals surface area contributed by atoms with Gasteiger partial charge in [-0.15, -0.1) is 0 Å². The zero-order valence-electron chi connectivity index (χ0n) is 14.7. The zero-order chi connectivity index (χ0) is 17.2. The van der Waals surface area contributed by atoms with E-state index in [1.54, 1.807) is 21.1 Å². The van der Waals surface area contributed by atoms with Crippen LogP contribution in [0.2, 0.25) is 0 Å². The summed E-state index contributed by atoms with van der Waals surface area (Å²) in [6.45, 7) is 9.70. The lowest BCUT2D eigenvalue weighted by Crippen LogP contribution is -2.45. The first-order valence-electron chi connectivity index (χ1n) is 7.61. The van der Waals surface area contributed by atoms with E-state index in [4.69, 9.17) is 4.74 Å². The highest BCUT2D eigenvalue weighted by atomic mass is 32.2. The van der Waals surface area contributed by atoms with Crippen molar-refractivity contribution in [3.05, 3.63) is 0 Å². The number of hydrogen-bond acceptors (Lipinski definition) is 4. The minimum absolute atomic E-state index is 0.0407. The van der Waals surface area contributed by atoms with Crippen LogP contribution in [-0.2, 0) is 14.8 Å². The molecule has 0 bridgehead atoms. The molecule has 0 aromatic carbocycles. The van der Waals surface area contributed by atoms with Crippen LogP contribution in [0.25, 0.3) is 0 Å². The van der Waals surface area contributed by atoms with E-state index < -0.39 is 10.0 Å². The van der Waals surface area contributed by atoms with Gasteiger partial charge in [0, 0.05) is 33.8 Å². The van der Waals surface area contributed by atoms with E-state index in [2.05, 4.69) is 41.1 Å². The molecule has 0 saturated heterocycles. The highest BCUT2D eigenvalue weighted by molar-refractivity contribution is 7.89. The highest BCUT2D eigenvalue weighted by Gasteiger charge is 2.24. The number of rotatable bonds is 9. The van der Waals surface area contributed by atoms with Crippen molar-refractivity contribution in [1.29, 1.82) is 0 Å². The highest BCUT2D eigenvalue weighted by Crippen LogP contribution is 2.20. The third-order valence-electron chi connectivity index (χ3n) is 3.28. The van der Waals surface area contributed by atoms with E-state index in [9.17, 15) is 8.42 Å². The van der Waals surface area contributed by atoms with E-state index >= 15 is 0 Å². The fourth-order valence-corrected chi connectivity index (χ4v) is 2.44. The van der Waals surface area contributed by atoms with Crippen molar-refractivity contribution in [3.63, 3.8) is 0 Å². The first-order chi connectivity index (χ1) is 10.2. The third kappa shape index (κ3) is 9.22. The van der Waals surface area contributed by atoms with Crippen molar-refractivity contribution in [2.45, 2.75) is 40.2 Å². The van der Waals surface area contributed by atoms with Gasteiger partial charge in [-0.25, -0.2) is 13.1 Å². The average Bonchev–Trinajstić information content (AvgIpc) is 2.43. The van der Waals surface area contributed by atoms with Crippen molar-refractivity contribution in [3.8, 4) is 0 Å². The summed E-state index contributed by atoms with van der Waals surface area (Å²) in [5.41, 5.74) is 0.0407. The molecule has 1 unspecified atom stereocenters. The first-order valence-corrected chi connectivity index (χ1v) is 9.26. The molecule has 0 aromatic rings. The van der Waals surface area contributed by atoms with Gasteiger partial charge in [-0.05, 0) is 18.8 Å². The predicted octanol–water partition coefficient (Wildman–Crippen LogP) is 0.542. The van der Waals surface area contributed by atoms with Gasteiger partial charge >= 0.3 is 0 Å². The quantitative estimate of drug-likeness (QED) is 0.325.